The minimum Gasteiger partial charge on any atom is -0.0845 e. The average Bonchev–Trinajstić information content (AvgIpc) is 1.66. The molecule has 0 aliphatic carbocycles. The topological polar surface area (TPSA) is 0 Å². The van der Waals surface area contributed by atoms with Crippen LogP contribution in [0.5, 0.6) is 0 Å². The molecule has 0 heteroatoms. The zero-order valence-electron chi connectivity index (χ0n) is 5.65. The Morgan fingerprint density at radius 3 is 2.50 bits per heavy atom. The maximum Gasteiger partial charge on any atom is -0.0347 e. The van der Waals surface area contributed by atoms with Crippen molar-refractivity contribution in [2.24, 2.45) is 0 Å². The first kappa shape index (κ1) is 7.48. The van der Waals surface area contributed by atoms with Gasteiger partial charge in [0.15, 0.2) is 0 Å². The minimum absolute atomic E-state index is 0.879. The van der Waals surface area contributed by atoms with Gasteiger partial charge < -0.3 is 0 Å². The SMILES string of the molecule is [CH2]C/C=C/C=C(C)C. The van der Waals surface area contributed by atoms with Gasteiger partial charge in [-0.05, 0) is 27.2 Å². The third-order valence-electron chi connectivity index (χ3n) is 0.732. The second kappa shape index (κ2) is 4.63. The van der Waals surface area contributed by atoms with Crippen molar-refractivity contribution in [3.63, 3.8) is 0 Å². The van der Waals surface area contributed by atoms with Gasteiger partial charge in [-0.1, -0.05) is 23.8 Å². The van der Waals surface area contributed by atoms with Crippen molar-refractivity contribution < 1.29 is 0 Å². The highest BCUT2D eigenvalue weighted by atomic mass is 13.7. The molecule has 0 aromatic rings. The van der Waals surface area contributed by atoms with E-state index in [0.717, 1.165) is 6.42 Å². The van der Waals surface area contributed by atoms with Gasteiger partial charge in [0.25, 0.3) is 0 Å². The van der Waals surface area contributed by atoms with Crippen LogP contribution in [-0.4, -0.2) is 0 Å². The highest BCUT2D eigenvalue weighted by Crippen LogP contribution is 1.89. The summed E-state index contributed by atoms with van der Waals surface area (Å²) in [5, 5.41) is 0. The molecule has 1 radical (unpaired) electrons. The molecule has 0 N–H and O–H groups in total. The quantitative estimate of drug-likeness (QED) is 0.478. The van der Waals surface area contributed by atoms with E-state index in [1.165, 1.54) is 5.57 Å². The molecule has 0 rings (SSSR count). The second-order valence-electron chi connectivity index (χ2n) is 1.96. The maximum absolute atomic E-state index is 3.67. The summed E-state index contributed by atoms with van der Waals surface area (Å²) in [4.78, 5) is 0. The van der Waals surface area contributed by atoms with Crippen LogP contribution in [0, 0.1) is 6.92 Å². The molecule has 45 valence electrons. The van der Waals surface area contributed by atoms with E-state index in [9.17, 15) is 0 Å². The van der Waals surface area contributed by atoms with Crippen LogP contribution in [0.25, 0.3) is 0 Å². The molecule has 8 heavy (non-hydrogen) atoms. The maximum atomic E-state index is 3.67. The van der Waals surface area contributed by atoms with Gasteiger partial charge in [0, 0.05) is 0 Å². The first-order valence-corrected chi connectivity index (χ1v) is 2.86. The van der Waals surface area contributed by atoms with Crippen LogP contribution in [0.4, 0.5) is 0 Å². The van der Waals surface area contributed by atoms with Gasteiger partial charge in [-0.15, -0.1) is 0 Å². The van der Waals surface area contributed by atoms with Crippen LogP contribution >= 0.6 is 0 Å². The van der Waals surface area contributed by atoms with Crippen LogP contribution in [-0.2, 0) is 0 Å². The number of hydrogen-bond acceptors (Lipinski definition) is 0. The summed E-state index contributed by atoms with van der Waals surface area (Å²) in [6.07, 6.45) is 7.02. The third-order valence-corrected chi connectivity index (χ3v) is 0.732. The number of rotatable bonds is 2. The first-order valence-electron chi connectivity index (χ1n) is 2.86. The van der Waals surface area contributed by atoms with Crippen LogP contribution in [0.3, 0.4) is 0 Å². The molecular formula is C8H13. The molecule has 0 atom stereocenters. The van der Waals surface area contributed by atoms with E-state index in [0.29, 0.717) is 0 Å². The minimum atomic E-state index is 0.879. The van der Waals surface area contributed by atoms with E-state index in [4.69, 9.17) is 0 Å². The Kier molecular flexibility index (Phi) is 4.33. The molecule has 0 aromatic heterocycles. The normalized spacial score (nSPS) is 9.88. The summed E-state index contributed by atoms with van der Waals surface area (Å²) in [5.41, 5.74) is 1.33. The largest absolute Gasteiger partial charge is 0.0845 e. The predicted molar refractivity (Wildman–Crippen MR) is 38.5 cm³/mol. The van der Waals surface area contributed by atoms with Gasteiger partial charge >= 0.3 is 0 Å². The highest BCUT2D eigenvalue weighted by Gasteiger charge is 1.67. The molecule has 0 nitrogen and oxygen atoms in total. The molecular weight excluding hydrogens is 96.1 g/mol. The van der Waals surface area contributed by atoms with Gasteiger partial charge in [-0.25, -0.2) is 0 Å². The van der Waals surface area contributed by atoms with Crippen molar-refractivity contribution in [3.05, 3.63) is 30.7 Å². The fraction of sp³-hybridized carbons (Fsp3) is 0.375. The molecule has 0 aliphatic rings. The van der Waals surface area contributed by atoms with Crippen LogP contribution in [0.2, 0.25) is 0 Å². The first-order chi connectivity index (χ1) is 3.77. The van der Waals surface area contributed by atoms with Crippen LogP contribution in [0.15, 0.2) is 23.8 Å². The summed E-state index contributed by atoms with van der Waals surface area (Å²) in [6.45, 7) is 7.82. The Balaban J connectivity index is 3.42. The van der Waals surface area contributed by atoms with Gasteiger partial charge in [0.1, 0.15) is 0 Å². The lowest BCUT2D eigenvalue weighted by atomic mass is 10.3. The Morgan fingerprint density at radius 1 is 1.50 bits per heavy atom. The molecule has 0 saturated carbocycles. The molecule has 0 heterocycles. The average molecular weight is 109 g/mol. The summed E-state index contributed by atoms with van der Waals surface area (Å²) in [7, 11) is 0. The number of hydrogen-bond donors (Lipinski definition) is 0. The zero-order valence-corrected chi connectivity index (χ0v) is 5.65. The van der Waals surface area contributed by atoms with Crippen molar-refractivity contribution in [2.75, 3.05) is 0 Å². The second-order valence-corrected chi connectivity index (χ2v) is 1.96. The molecule has 0 saturated heterocycles. The Labute approximate surface area is 51.9 Å². The molecule has 0 bridgehead atoms. The summed E-state index contributed by atoms with van der Waals surface area (Å²) >= 11 is 0. The van der Waals surface area contributed by atoms with E-state index in [-0.39, 0.29) is 0 Å². The van der Waals surface area contributed by atoms with Crippen LogP contribution < -0.4 is 0 Å². The third kappa shape index (κ3) is 5.48. The van der Waals surface area contributed by atoms with Gasteiger partial charge in [-0.3, -0.25) is 0 Å². The Hall–Kier alpha value is -0.520. The van der Waals surface area contributed by atoms with Crippen molar-refractivity contribution >= 4 is 0 Å². The fourth-order valence-corrected chi connectivity index (χ4v) is 0.357. The molecule has 0 fully saturated rings. The van der Waals surface area contributed by atoms with Gasteiger partial charge in [-0.2, -0.15) is 0 Å². The highest BCUT2D eigenvalue weighted by molar-refractivity contribution is 5.08. The van der Waals surface area contributed by atoms with Gasteiger partial charge in [0.2, 0.25) is 0 Å². The van der Waals surface area contributed by atoms with Gasteiger partial charge in [0.05, 0.1) is 0 Å². The standard InChI is InChI=1S/C8H13/c1-4-5-6-7-8(2)3/h5-7H,1,4H2,2-3H3/b6-5+. The predicted octanol–water partition coefficient (Wildman–Crippen LogP) is 2.73. The molecule has 0 spiro atoms. The van der Waals surface area contributed by atoms with Crippen molar-refractivity contribution in [1.82, 2.24) is 0 Å². The Bertz CT molecular complexity index is 92.6. The fourth-order valence-electron chi connectivity index (χ4n) is 0.357. The lowest BCUT2D eigenvalue weighted by molar-refractivity contribution is 1.37. The Morgan fingerprint density at radius 2 is 2.12 bits per heavy atom. The summed E-state index contributed by atoms with van der Waals surface area (Å²) in [6, 6.07) is 0. The van der Waals surface area contributed by atoms with E-state index >= 15 is 0 Å². The lowest BCUT2D eigenvalue weighted by Crippen LogP contribution is -1.58. The van der Waals surface area contributed by atoms with Crippen molar-refractivity contribution in [2.45, 2.75) is 20.3 Å². The molecule has 0 aliphatic heterocycles. The van der Waals surface area contributed by atoms with E-state index in [1.807, 2.05) is 12.2 Å². The zero-order chi connectivity index (χ0) is 6.41. The molecule has 0 aromatic carbocycles. The number of allylic oxidation sites excluding steroid dienone is 4. The lowest BCUT2D eigenvalue weighted by Gasteiger charge is -1.79. The van der Waals surface area contributed by atoms with E-state index < -0.39 is 0 Å². The van der Waals surface area contributed by atoms with E-state index in [1.54, 1.807) is 0 Å². The monoisotopic (exact) mass is 109 g/mol. The summed E-state index contributed by atoms with van der Waals surface area (Å²) in [5.74, 6) is 0. The van der Waals surface area contributed by atoms with Crippen LogP contribution in [0.1, 0.15) is 20.3 Å². The molecule has 0 amide bonds. The van der Waals surface area contributed by atoms with E-state index in [2.05, 4.69) is 26.8 Å². The smallest absolute Gasteiger partial charge is 0.0347 e. The van der Waals surface area contributed by atoms with Crippen molar-refractivity contribution in [3.8, 4) is 0 Å². The molecule has 0 unspecified atom stereocenters. The summed E-state index contributed by atoms with van der Waals surface area (Å²) < 4.78 is 0. The van der Waals surface area contributed by atoms with Crippen molar-refractivity contribution in [1.29, 1.82) is 0 Å².